The summed E-state index contributed by atoms with van der Waals surface area (Å²) >= 11 is 2.05. The number of rotatable bonds is 5. The molecular weight excluding hydrogens is 610 g/mol. The van der Waals surface area contributed by atoms with Crippen LogP contribution in [0.5, 0.6) is 5.88 Å². The molecule has 2 aliphatic heterocycles. The van der Waals surface area contributed by atoms with Gasteiger partial charge in [-0.3, -0.25) is 9.59 Å². The second-order valence-corrected chi connectivity index (χ2v) is 9.29. The number of carbonyl (C=O) groups excluding carboxylic acids is 2. The predicted molar refractivity (Wildman–Crippen MR) is 135 cm³/mol. The first kappa shape index (κ1) is 26.6. The number of likely N-dealkylation sites (tertiary alicyclic amines) is 1. The molecule has 2 amide bonds. The van der Waals surface area contributed by atoms with E-state index in [2.05, 4.69) is 57.9 Å². The minimum atomic E-state index is -4.48. The maximum atomic E-state index is 12.8. The molecule has 4 heterocycles. The summed E-state index contributed by atoms with van der Waals surface area (Å²) < 4.78 is 41.9. The van der Waals surface area contributed by atoms with E-state index in [1.54, 1.807) is 4.90 Å². The largest absolute Gasteiger partial charge is 0.468 e. The quantitative estimate of drug-likeness (QED) is 0.278. The summed E-state index contributed by atoms with van der Waals surface area (Å²) in [5, 5.41) is 6.32. The molecule has 198 valence electrons. The van der Waals surface area contributed by atoms with E-state index < -0.39 is 24.2 Å². The molecule has 0 saturated carbocycles. The number of anilines is 2. The second kappa shape index (κ2) is 10.5. The summed E-state index contributed by atoms with van der Waals surface area (Å²) in [6.07, 6.45) is -2.14. The van der Waals surface area contributed by atoms with Gasteiger partial charge in [0.25, 0.3) is 5.91 Å². The molecule has 0 unspecified atom stereocenters. The lowest BCUT2D eigenvalue weighted by molar-refractivity contribution is -0.154. The van der Waals surface area contributed by atoms with Gasteiger partial charge in [-0.15, -0.1) is 0 Å². The van der Waals surface area contributed by atoms with E-state index in [0.717, 1.165) is 0 Å². The number of nitrogens with two attached hydrogens (primary N) is 2. The monoisotopic (exact) mass is 633 g/mol. The Morgan fingerprint density at radius 1 is 1.19 bits per heavy atom. The van der Waals surface area contributed by atoms with Crippen LogP contribution in [0, 0.1) is 0 Å². The van der Waals surface area contributed by atoms with Crippen LogP contribution < -0.4 is 26.8 Å². The molecule has 0 aromatic carbocycles. The number of alkyl halides is 4. The fourth-order valence-electron chi connectivity index (χ4n) is 3.94. The Bertz CT molecular complexity index is 1220. The van der Waals surface area contributed by atoms with Gasteiger partial charge in [-0.05, 0) is 18.9 Å². The molecule has 2 aromatic heterocycles. The first-order valence-corrected chi connectivity index (χ1v) is 12.6. The SMILES string of the molecule is Nc1nc(N)c(C(=O)/N=C2\NCC3(CCN(C(=O)c4ccc(OCC(F)(F)F)nc4)CC3)N2)nc1CI. The van der Waals surface area contributed by atoms with Crippen molar-refractivity contribution in [3.8, 4) is 5.88 Å². The normalized spacial score (nSPS) is 17.9. The van der Waals surface area contributed by atoms with Crippen molar-refractivity contribution < 1.29 is 27.5 Å². The van der Waals surface area contributed by atoms with Crippen molar-refractivity contribution in [1.82, 2.24) is 30.5 Å². The van der Waals surface area contributed by atoms with Gasteiger partial charge < -0.3 is 31.7 Å². The first-order chi connectivity index (χ1) is 17.5. The number of halogens is 4. The van der Waals surface area contributed by atoms with Gasteiger partial charge in [0, 0.05) is 36.3 Å². The van der Waals surface area contributed by atoms with Crippen LogP contribution in [0.1, 0.15) is 39.4 Å². The van der Waals surface area contributed by atoms with E-state index in [1.807, 2.05) is 0 Å². The van der Waals surface area contributed by atoms with E-state index >= 15 is 0 Å². The highest BCUT2D eigenvalue weighted by atomic mass is 127. The minimum Gasteiger partial charge on any atom is -0.468 e. The average Bonchev–Trinajstić information content (AvgIpc) is 3.24. The van der Waals surface area contributed by atoms with Crippen LogP contribution in [0.15, 0.2) is 23.3 Å². The number of carbonyl (C=O) groups is 2. The smallest absolute Gasteiger partial charge is 0.422 e. The topological polar surface area (TPSA) is 174 Å². The average molecular weight is 633 g/mol. The number of aromatic nitrogens is 3. The highest BCUT2D eigenvalue weighted by molar-refractivity contribution is 14.1. The van der Waals surface area contributed by atoms with Gasteiger partial charge in [0.2, 0.25) is 5.88 Å². The van der Waals surface area contributed by atoms with Gasteiger partial charge in [0.15, 0.2) is 24.1 Å². The Morgan fingerprint density at radius 2 is 1.92 bits per heavy atom. The van der Waals surface area contributed by atoms with E-state index in [0.29, 0.717) is 42.6 Å². The van der Waals surface area contributed by atoms with E-state index in [9.17, 15) is 22.8 Å². The Morgan fingerprint density at radius 3 is 2.54 bits per heavy atom. The van der Waals surface area contributed by atoms with Gasteiger partial charge in [-0.1, -0.05) is 22.6 Å². The third-order valence-corrected chi connectivity index (χ3v) is 6.64. The molecule has 0 bridgehead atoms. The van der Waals surface area contributed by atoms with Crippen molar-refractivity contribution in [2.75, 3.05) is 37.7 Å². The van der Waals surface area contributed by atoms with Crippen LogP contribution in [-0.4, -0.2) is 75.6 Å². The Balaban J connectivity index is 1.34. The maximum absolute atomic E-state index is 12.8. The fraction of sp³-hybridized carbons (Fsp3) is 0.429. The lowest BCUT2D eigenvalue weighted by Gasteiger charge is -2.38. The fourth-order valence-corrected chi connectivity index (χ4v) is 4.50. The van der Waals surface area contributed by atoms with Crippen molar-refractivity contribution in [2.24, 2.45) is 4.99 Å². The Hall–Kier alpha value is -3.44. The maximum Gasteiger partial charge on any atom is 0.422 e. The van der Waals surface area contributed by atoms with E-state index in [4.69, 9.17) is 11.5 Å². The Labute approximate surface area is 222 Å². The lowest BCUT2D eigenvalue weighted by atomic mass is 9.88. The molecule has 12 nitrogen and oxygen atoms in total. The van der Waals surface area contributed by atoms with Crippen LogP contribution in [0.2, 0.25) is 0 Å². The van der Waals surface area contributed by atoms with Gasteiger partial charge >= 0.3 is 12.1 Å². The number of amides is 2. The van der Waals surface area contributed by atoms with Crippen molar-refractivity contribution in [1.29, 1.82) is 0 Å². The van der Waals surface area contributed by atoms with Gasteiger partial charge in [0.1, 0.15) is 5.82 Å². The van der Waals surface area contributed by atoms with Crippen LogP contribution in [0.3, 0.4) is 0 Å². The molecule has 16 heteroatoms. The summed E-state index contributed by atoms with van der Waals surface area (Å²) in [5.74, 6) is -0.831. The number of pyridine rings is 1. The number of ether oxygens (including phenoxy) is 1. The number of hydrogen-bond acceptors (Lipinski definition) is 8. The van der Waals surface area contributed by atoms with Crippen molar-refractivity contribution >= 4 is 52.0 Å². The van der Waals surface area contributed by atoms with Gasteiger partial charge in [-0.25, -0.2) is 15.0 Å². The number of nitrogens with zero attached hydrogens (tertiary/aromatic N) is 5. The molecule has 1 spiro atoms. The molecule has 6 N–H and O–H groups in total. The molecule has 0 atom stereocenters. The van der Waals surface area contributed by atoms with Crippen molar-refractivity contribution in [3.05, 3.63) is 35.3 Å². The zero-order valence-corrected chi connectivity index (χ0v) is 21.5. The van der Waals surface area contributed by atoms with E-state index in [-0.39, 0.29) is 40.6 Å². The second-order valence-electron chi connectivity index (χ2n) is 8.53. The summed E-state index contributed by atoms with van der Waals surface area (Å²) in [6, 6.07) is 2.61. The molecule has 2 aromatic rings. The highest BCUT2D eigenvalue weighted by Crippen LogP contribution is 2.26. The number of hydrogen-bond donors (Lipinski definition) is 4. The van der Waals surface area contributed by atoms with Crippen molar-refractivity contribution in [3.63, 3.8) is 0 Å². The number of guanidine groups is 1. The molecular formula is C21H23F3IN9O3. The summed E-state index contributed by atoms with van der Waals surface area (Å²) in [7, 11) is 0. The summed E-state index contributed by atoms with van der Waals surface area (Å²) in [5.41, 5.74) is 11.8. The molecule has 2 fully saturated rings. The molecule has 37 heavy (non-hydrogen) atoms. The zero-order chi connectivity index (χ0) is 26.8. The van der Waals surface area contributed by atoms with Crippen LogP contribution >= 0.6 is 22.6 Å². The molecule has 2 aliphatic rings. The molecule has 0 aliphatic carbocycles. The summed E-state index contributed by atoms with van der Waals surface area (Å²) in [4.78, 5) is 43.1. The molecule has 0 radical (unpaired) electrons. The van der Waals surface area contributed by atoms with Crippen molar-refractivity contribution in [2.45, 2.75) is 29.0 Å². The third-order valence-electron chi connectivity index (χ3n) is 5.92. The van der Waals surface area contributed by atoms with E-state index in [1.165, 1.54) is 18.3 Å². The number of nitrogens with one attached hydrogen (secondary N) is 2. The van der Waals surface area contributed by atoms with Crippen LogP contribution in [0.4, 0.5) is 24.8 Å². The zero-order valence-electron chi connectivity index (χ0n) is 19.3. The lowest BCUT2D eigenvalue weighted by Crippen LogP contribution is -2.53. The predicted octanol–water partition coefficient (Wildman–Crippen LogP) is 1.28. The Kier molecular flexibility index (Phi) is 7.56. The highest BCUT2D eigenvalue weighted by Gasteiger charge is 2.41. The summed E-state index contributed by atoms with van der Waals surface area (Å²) in [6.45, 7) is -0.136. The number of nitrogen functional groups attached to an aromatic ring is 2. The van der Waals surface area contributed by atoms with Gasteiger partial charge in [0.05, 0.1) is 16.8 Å². The standard InChI is InChI=1S/C21H23F3IN9O3/c22-21(23,24)10-37-13-2-1-11(8-28-13)18(36)34-5-3-20(4-6-34)9-29-19(33-20)32-17(35)14-16(27)31-15(26)12(7-25)30-14/h1-2,8H,3-7,9-10H2,(H4,26,27,31)(H2,29,32,33,35). The first-order valence-electron chi connectivity index (χ1n) is 11.1. The van der Waals surface area contributed by atoms with Crippen LogP contribution in [-0.2, 0) is 4.43 Å². The third kappa shape index (κ3) is 6.28. The molecule has 4 rings (SSSR count). The van der Waals surface area contributed by atoms with Crippen LogP contribution in [0.25, 0.3) is 0 Å². The molecule has 2 saturated heterocycles. The number of aliphatic imine (C=N–C) groups is 1. The number of piperidine rings is 1. The van der Waals surface area contributed by atoms with Gasteiger partial charge in [-0.2, -0.15) is 18.2 Å². The minimum absolute atomic E-state index is 0.0817.